The third kappa shape index (κ3) is 6.51. The van der Waals surface area contributed by atoms with E-state index in [1.807, 2.05) is 34.6 Å². The summed E-state index contributed by atoms with van der Waals surface area (Å²) >= 11 is 0. The van der Waals surface area contributed by atoms with Crippen LogP contribution in [0, 0.1) is 5.41 Å². The van der Waals surface area contributed by atoms with Gasteiger partial charge in [0.25, 0.3) is 0 Å². The van der Waals surface area contributed by atoms with Gasteiger partial charge in [-0.1, -0.05) is 39.0 Å². The van der Waals surface area contributed by atoms with Crippen molar-refractivity contribution in [2.45, 2.75) is 59.2 Å². The molecule has 0 aromatic heterocycles. The molecule has 3 nitrogen and oxygen atoms in total. The van der Waals surface area contributed by atoms with Crippen LogP contribution in [0.15, 0.2) is 42.5 Å². The van der Waals surface area contributed by atoms with E-state index in [4.69, 9.17) is 4.74 Å². The average Bonchev–Trinajstić information content (AvgIpc) is 2.57. The third-order valence-electron chi connectivity index (χ3n) is 4.36. The fourth-order valence-corrected chi connectivity index (χ4v) is 3.14. The lowest BCUT2D eigenvalue weighted by atomic mass is 9.81. The number of hydrogen-bond acceptors (Lipinski definition) is 2. The lowest BCUT2D eigenvalue weighted by Gasteiger charge is -2.24. The second kappa shape index (κ2) is 8.47. The Hall–Kier alpha value is -2.50. The van der Waals surface area contributed by atoms with Crippen LogP contribution in [0.3, 0.4) is 0 Å². The molecule has 0 aliphatic carbocycles. The lowest BCUT2D eigenvalue weighted by Crippen LogP contribution is -2.19. The Morgan fingerprint density at radius 2 is 1.59 bits per heavy atom. The molecule has 0 aliphatic heterocycles. The molecule has 0 aliphatic rings. The van der Waals surface area contributed by atoms with E-state index in [0.717, 1.165) is 12.1 Å². The van der Waals surface area contributed by atoms with Crippen molar-refractivity contribution in [2.75, 3.05) is 0 Å². The predicted octanol–water partition coefficient (Wildman–Crippen LogP) is 6.76. The molecule has 0 saturated carbocycles. The number of aliphatic carboxylic acids is 1. The van der Waals surface area contributed by atoms with E-state index >= 15 is 0 Å². The molecular formula is C23H27F3O3. The minimum Gasteiger partial charge on any atom is -0.491 e. The van der Waals surface area contributed by atoms with Crippen LogP contribution in [0.5, 0.6) is 5.75 Å². The van der Waals surface area contributed by atoms with Gasteiger partial charge in [-0.05, 0) is 66.6 Å². The average molecular weight is 408 g/mol. The quantitative estimate of drug-likeness (QED) is 0.574. The van der Waals surface area contributed by atoms with E-state index in [9.17, 15) is 23.1 Å². The van der Waals surface area contributed by atoms with Crippen LogP contribution >= 0.6 is 0 Å². The molecule has 0 bridgehead atoms. The van der Waals surface area contributed by atoms with Crippen LogP contribution in [0.25, 0.3) is 11.1 Å². The summed E-state index contributed by atoms with van der Waals surface area (Å²) in [4.78, 5) is 11.9. The summed E-state index contributed by atoms with van der Waals surface area (Å²) in [6.45, 7) is 9.61. The highest BCUT2D eigenvalue weighted by molar-refractivity contribution is 5.78. The molecule has 0 radical (unpaired) electrons. The summed E-state index contributed by atoms with van der Waals surface area (Å²) in [5.74, 6) is -1.20. The highest BCUT2D eigenvalue weighted by atomic mass is 19.4. The summed E-state index contributed by atoms with van der Waals surface area (Å²) in [6, 6.07) is 9.98. The number of carboxylic acids is 1. The first-order valence-corrected chi connectivity index (χ1v) is 9.48. The monoisotopic (exact) mass is 408 g/mol. The third-order valence-corrected chi connectivity index (χ3v) is 4.36. The fourth-order valence-electron chi connectivity index (χ4n) is 3.14. The van der Waals surface area contributed by atoms with E-state index < -0.39 is 23.6 Å². The molecule has 1 N–H and O–H groups in total. The Kier molecular flexibility index (Phi) is 6.66. The first kappa shape index (κ1) is 22.8. The molecule has 1 unspecified atom stereocenters. The first-order valence-electron chi connectivity index (χ1n) is 9.48. The van der Waals surface area contributed by atoms with Crippen molar-refractivity contribution in [3.05, 3.63) is 53.6 Å². The maximum Gasteiger partial charge on any atom is 0.416 e. The predicted molar refractivity (Wildman–Crippen MR) is 107 cm³/mol. The molecule has 0 saturated heterocycles. The van der Waals surface area contributed by atoms with Crippen molar-refractivity contribution >= 4 is 5.97 Å². The zero-order valence-corrected chi connectivity index (χ0v) is 17.3. The Bertz CT molecular complexity index is 847. The van der Waals surface area contributed by atoms with Crippen molar-refractivity contribution in [3.8, 4) is 16.9 Å². The first-order chi connectivity index (χ1) is 13.3. The number of ether oxygens (including phenoxy) is 1. The lowest BCUT2D eigenvalue weighted by molar-refractivity contribution is -0.139. The van der Waals surface area contributed by atoms with E-state index in [1.165, 1.54) is 12.1 Å². The maximum atomic E-state index is 12.9. The van der Waals surface area contributed by atoms with E-state index in [-0.39, 0.29) is 11.5 Å². The van der Waals surface area contributed by atoms with Crippen molar-refractivity contribution in [3.63, 3.8) is 0 Å². The van der Waals surface area contributed by atoms with Crippen LogP contribution in [0.1, 0.15) is 58.1 Å². The molecule has 2 aromatic rings. The number of carboxylic acid groups (broad SMARTS) is 1. The SMILES string of the molecule is CC(C)Oc1cc(-c2ccc(C(F)(F)F)cc2)cc(C(CC(C)(C)C)C(=O)O)c1. The molecule has 2 rings (SSSR count). The number of halogens is 3. The number of hydrogen-bond donors (Lipinski definition) is 1. The molecule has 0 spiro atoms. The largest absolute Gasteiger partial charge is 0.491 e. The molecular weight excluding hydrogens is 381 g/mol. The van der Waals surface area contributed by atoms with Gasteiger partial charge in [-0.15, -0.1) is 0 Å². The van der Waals surface area contributed by atoms with E-state index in [2.05, 4.69) is 0 Å². The zero-order chi connectivity index (χ0) is 22.0. The molecule has 0 heterocycles. The highest BCUT2D eigenvalue weighted by Gasteiger charge is 2.30. The van der Waals surface area contributed by atoms with Gasteiger partial charge in [-0.2, -0.15) is 13.2 Å². The van der Waals surface area contributed by atoms with Gasteiger partial charge in [0, 0.05) is 0 Å². The Morgan fingerprint density at radius 3 is 2.03 bits per heavy atom. The van der Waals surface area contributed by atoms with Crippen LogP contribution in [-0.4, -0.2) is 17.2 Å². The Labute approximate surface area is 169 Å². The zero-order valence-electron chi connectivity index (χ0n) is 17.3. The van der Waals surface area contributed by atoms with Crippen LogP contribution in [-0.2, 0) is 11.0 Å². The van der Waals surface area contributed by atoms with Crippen LogP contribution in [0.4, 0.5) is 13.2 Å². The van der Waals surface area contributed by atoms with Crippen LogP contribution in [0.2, 0.25) is 0 Å². The normalized spacial score (nSPS) is 13.4. The van der Waals surface area contributed by atoms with Gasteiger partial charge in [0.1, 0.15) is 5.75 Å². The summed E-state index contributed by atoms with van der Waals surface area (Å²) in [7, 11) is 0. The second-order valence-electron chi connectivity index (χ2n) is 8.69. The fraction of sp³-hybridized carbons (Fsp3) is 0.435. The summed E-state index contributed by atoms with van der Waals surface area (Å²) < 4.78 is 44.4. The van der Waals surface area contributed by atoms with Crippen molar-refractivity contribution in [1.82, 2.24) is 0 Å². The number of benzene rings is 2. The summed E-state index contributed by atoms with van der Waals surface area (Å²) in [5, 5.41) is 9.78. The minimum absolute atomic E-state index is 0.128. The van der Waals surface area contributed by atoms with Gasteiger partial charge in [0.2, 0.25) is 0 Å². The maximum absolute atomic E-state index is 12.9. The molecule has 158 valence electrons. The molecule has 1 atom stereocenters. The van der Waals surface area contributed by atoms with Crippen molar-refractivity contribution < 1.29 is 27.8 Å². The Balaban J connectivity index is 2.54. The number of rotatable bonds is 6. The van der Waals surface area contributed by atoms with Gasteiger partial charge >= 0.3 is 12.1 Å². The molecule has 0 amide bonds. The van der Waals surface area contributed by atoms with Gasteiger partial charge < -0.3 is 9.84 Å². The van der Waals surface area contributed by atoms with E-state index in [1.54, 1.807) is 18.2 Å². The number of carbonyl (C=O) groups is 1. The Morgan fingerprint density at radius 1 is 1.00 bits per heavy atom. The molecule has 2 aromatic carbocycles. The summed E-state index contributed by atoms with van der Waals surface area (Å²) in [5.41, 5.74) is 0.806. The molecule has 6 heteroatoms. The molecule has 0 fully saturated rings. The van der Waals surface area contributed by atoms with E-state index in [0.29, 0.717) is 28.9 Å². The van der Waals surface area contributed by atoms with Gasteiger partial charge in [0.15, 0.2) is 0 Å². The number of alkyl halides is 3. The summed E-state index contributed by atoms with van der Waals surface area (Å²) in [6.07, 6.45) is -4.12. The minimum atomic E-state index is -4.41. The smallest absolute Gasteiger partial charge is 0.416 e. The van der Waals surface area contributed by atoms with Crippen molar-refractivity contribution in [1.29, 1.82) is 0 Å². The molecule has 29 heavy (non-hydrogen) atoms. The standard InChI is InChI=1S/C23H27F3O3/c1-14(2)29-19-11-16(15-6-8-18(9-7-15)23(24,25)26)10-17(12-19)20(21(27)28)13-22(3,4)5/h6-12,14,20H,13H2,1-5H3,(H,27,28). The second-order valence-corrected chi connectivity index (χ2v) is 8.69. The topological polar surface area (TPSA) is 46.5 Å². The highest BCUT2D eigenvalue weighted by Crippen LogP contribution is 2.37. The van der Waals surface area contributed by atoms with Gasteiger partial charge in [-0.25, -0.2) is 0 Å². The van der Waals surface area contributed by atoms with Crippen molar-refractivity contribution in [2.24, 2.45) is 5.41 Å². The van der Waals surface area contributed by atoms with Gasteiger partial charge in [-0.3, -0.25) is 4.79 Å². The van der Waals surface area contributed by atoms with Crippen LogP contribution < -0.4 is 4.74 Å². The van der Waals surface area contributed by atoms with Gasteiger partial charge in [0.05, 0.1) is 17.6 Å².